The average molecular weight is 233 g/mol. The van der Waals surface area contributed by atoms with E-state index in [1.165, 1.54) is 24.8 Å². The second-order valence-electron chi connectivity index (χ2n) is 5.58. The van der Waals surface area contributed by atoms with E-state index in [0.717, 1.165) is 12.6 Å². The maximum atomic E-state index is 9.73. The number of likely N-dealkylation sites (N-methyl/N-ethyl adjacent to an activating group) is 1. The molecule has 2 heteroatoms. The van der Waals surface area contributed by atoms with Gasteiger partial charge in [-0.2, -0.15) is 0 Å². The molecule has 0 bridgehead atoms. The molecule has 1 aromatic carbocycles. The van der Waals surface area contributed by atoms with Gasteiger partial charge < -0.3 is 10.0 Å². The van der Waals surface area contributed by atoms with Crippen molar-refractivity contribution in [1.29, 1.82) is 0 Å². The quantitative estimate of drug-likeness (QED) is 0.844. The molecule has 0 aromatic heterocycles. The number of benzene rings is 1. The second kappa shape index (κ2) is 5.19. The molecule has 0 amide bonds. The predicted octanol–water partition coefficient (Wildman–Crippen LogP) is 2.42. The van der Waals surface area contributed by atoms with E-state index in [-0.39, 0.29) is 12.0 Å². The number of rotatable bonds is 5. The van der Waals surface area contributed by atoms with Crippen molar-refractivity contribution in [3.8, 4) is 0 Å². The van der Waals surface area contributed by atoms with Gasteiger partial charge in [-0.05, 0) is 25.5 Å². The first-order valence-electron chi connectivity index (χ1n) is 6.52. The Morgan fingerprint density at radius 3 is 2.41 bits per heavy atom. The molecule has 94 valence electrons. The number of hydrogen-bond donors (Lipinski definition) is 1. The summed E-state index contributed by atoms with van der Waals surface area (Å²) in [5.74, 6) is 0. The topological polar surface area (TPSA) is 23.5 Å². The Hall–Kier alpha value is -0.860. The van der Waals surface area contributed by atoms with Crippen LogP contribution in [0.4, 0.5) is 0 Å². The van der Waals surface area contributed by atoms with Crippen LogP contribution in [0.2, 0.25) is 0 Å². The summed E-state index contributed by atoms with van der Waals surface area (Å²) in [5, 5.41) is 9.73. The minimum Gasteiger partial charge on any atom is -0.395 e. The van der Waals surface area contributed by atoms with E-state index in [1.807, 2.05) is 18.2 Å². The monoisotopic (exact) mass is 233 g/mol. The molecule has 1 atom stereocenters. The van der Waals surface area contributed by atoms with Gasteiger partial charge in [0.15, 0.2) is 0 Å². The third-order valence-electron chi connectivity index (χ3n) is 4.12. The van der Waals surface area contributed by atoms with Gasteiger partial charge in [0, 0.05) is 18.0 Å². The lowest BCUT2D eigenvalue weighted by molar-refractivity contribution is 0.0998. The highest BCUT2D eigenvalue weighted by atomic mass is 16.3. The summed E-state index contributed by atoms with van der Waals surface area (Å²) in [6, 6.07) is 11.1. The van der Waals surface area contributed by atoms with E-state index in [1.54, 1.807) is 0 Å². The molecular weight excluding hydrogens is 210 g/mol. The molecule has 1 aromatic rings. The molecule has 2 rings (SSSR count). The van der Waals surface area contributed by atoms with Crippen LogP contribution in [0.3, 0.4) is 0 Å². The summed E-state index contributed by atoms with van der Waals surface area (Å²) < 4.78 is 0. The van der Waals surface area contributed by atoms with Crippen LogP contribution in [0.25, 0.3) is 0 Å². The van der Waals surface area contributed by atoms with Gasteiger partial charge in [0.25, 0.3) is 0 Å². The van der Waals surface area contributed by atoms with Crippen molar-refractivity contribution in [3.05, 3.63) is 35.9 Å². The van der Waals surface area contributed by atoms with Crippen LogP contribution >= 0.6 is 0 Å². The zero-order valence-corrected chi connectivity index (χ0v) is 10.9. The maximum absolute atomic E-state index is 9.73. The molecule has 1 saturated carbocycles. The SMILES string of the molecule is CN(CC(C)(CO)c1ccccc1)C1CCC1. The van der Waals surface area contributed by atoms with Gasteiger partial charge in [-0.1, -0.05) is 43.7 Å². The van der Waals surface area contributed by atoms with Gasteiger partial charge in [0.05, 0.1) is 6.61 Å². The van der Waals surface area contributed by atoms with Gasteiger partial charge >= 0.3 is 0 Å². The fourth-order valence-corrected chi connectivity index (χ4v) is 2.58. The lowest BCUT2D eigenvalue weighted by Gasteiger charge is -2.40. The first-order valence-corrected chi connectivity index (χ1v) is 6.52. The van der Waals surface area contributed by atoms with Crippen LogP contribution in [0.1, 0.15) is 31.7 Å². The Labute approximate surface area is 104 Å². The molecule has 0 aliphatic heterocycles. The first-order chi connectivity index (χ1) is 8.15. The summed E-state index contributed by atoms with van der Waals surface area (Å²) >= 11 is 0. The highest BCUT2D eigenvalue weighted by molar-refractivity contribution is 5.25. The number of aliphatic hydroxyl groups is 1. The smallest absolute Gasteiger partial charge is 0.0537 e. The molecular formula is C15H23NO. The van der Waals surface area contributed by atoms with Gasteiger partial charge in [0.1, 0.15) is 0 Å². The van der Waals surface area contributed by atoms with Crippen molar-refractivity contribution < 1.29 is 5.11 Å². The van der Waals surface area contributed by atoms with Gasteiger partial charge in [0.2, 0.25) is 0 Å². The Bertz CT molecular complexity index is 347. The highest BCUT2D eigenvalue weighted by Gasteiger charge is 2.31. The fourth-order valence-electron chi connectivity index (χ4n) is 2.58. The Morgan fingerprint density at radius 1 is 1.29 bits per heavy atom. The van der Waals surface area contributed by atoms with Gasteiger partial charge in [-0.15, -0.1) is 0 Å². The third kappa shape index (κ3) is 2.70. The molecule has 1 N–H and O–H groups in total. The molecule has 1 fully saturated rings. The van der Waals surface area contributed by atoms with E-state index in [0.29, 0.717) is 0 Å². The average Bonchev–Trinajstić information content (AvgIpc) is 2.27. The van der Waals surface area contributed by atoms with Gasteiger partial charge in [-0.3, -0.25) is 0 Å². The zero-order chi connectivity index (χ0) is 12.3. The Balaban J connectivity index is 2.08. The van der Waals surface area contributed by atoms with Crippen LogP contribution < -0.4 is 0 Å². The molecule has 2 nitrogen and oxygen atoms in total. The number of nitrogens with zero attached hydrogens (tertiary/aromatic N) is 1. The van der Waals surface area contributed by atoms with E-state index in [2.05, 4.69) is 31.0 Å². The summed E-state index contributed by atoms with van der Waals surface area (Å²) in [7, 11) is 2.18. The van der Waals surface area contributed by atoms with Crippen LogP contribution in [0, 0.1) is 0 Å². The number of aliphatic hydroxyl groups excluding tert-OH is 1. The molecule has 0 saturated heterocycles. The van der Waals surface area contributed by atoms with Crippen molar-refractivity contribution in [1.82, 2.24) is 4.90 Å². The van der Waals surface area contributed by atoms with Crippen LogP contribution in [0.15, 0.2) is 30.3 Å². The van der Waals surface area contributed by atoms with Gasteiger partial charge in [-0.25, -0.2) is 0 Å². The predicted molar refractivity (Wildman–Crippen MR) is 71.1 cm³/mol. The highest BCUT2D eigenvalue weighted by Crippen LogP contribution is 2.29. The summed E-state index contributed by atoms with van der Waals surface area (Å²) in [4.78, 5) is 2.41. The van der Waals surface area contributed by atoms with E-state index in [9.17, 15) is 5.11 Å². The first kappa shape index (κ1) is 12.6. The maximum Gasteiger partial charge on any atom is 0.0537 e. The zero-order valence-electron chi connectivity index (χ0n) is 10.9. The lowest BCUT2D eigenvalue weighted by Crippen LogP contribution is -2.46. The second-order valence-corrected chi connectivity index (χ2v) is 5.58. The van der Waals surface area contributed by atoms with E-state index < -0.39 is 0 Å². The molecule has 0 heterocycles. The standard InChI is InChI=1S/C15H23NO/c1-15(12-17,13-7-4-3-5-8-13)11-16(2)14-9-6-10-14/h3-5,7-8,14,17H,6,9-12H2,1-2H3. The molecule has 1 aliphatic rings. The normalized spacial score (nSPS) is 20.0. The molecule has 0 spiro atoms. The Morgan fingerprint density at radius 2 is 1.94 bits per heavy atom. The third-order valence-corrected chi connectivity index (χ3v) is 4.12. The fraction of sp³-hybridized carbons (Fsp3) is 0.600. The van der Waals surface area contributed by atoms with Crippen molar-refractivity contribution in [2.75, 3.05) is 20.2 Å². The Kier molecular flexibility index (Phi) is 3.85. The van der Waals surface area contributed by atoms with Crippen molar-refractivity contribution >= 4 is 0 Å². The van der Waals surface area contributed by atoms with Crippen molar-refractivity contribution in [2.24, 2.45) is 0 Å². The van der Waals surface area contributed by atoms with Crippen LogP contribution in [0.5, 0.6) is 0 Å². The lowest BCUT2D eigenvalue weighted by atomic mass is 9.81. The number of hydrogen-bond acceptors (Lipinski definition) is 2. The minimum atomic E-state index is -0.147. The molecule has 0 radical (unpaired) electrons. The molecule has 1 aliphatic carbocycles. The largest absolute Gasteiger partial charge is 0.395 e. The van der Waals surface area contributed by atoms with Crippen molar-refractivity contribution in [2.45, 2.75) is 37.6 Å². The summed E-state index contributed by atoms with van der Waals surface area (Å²) in [5.41, 5.74) is 1.08. The molecule has 17 heavy (non-hydrogen) atoms. The van der Waals surface area contributed by atoms with Crippen LogP contribution in [-0.2, 0) is 5.41 Å². The van der Waals surface area contributed by atoms with E-state index >= 15 is 0 Å². The minimum absolute atomic E-state index is 0.147. The van der Waals surface area contributed by atoms with E-state index in [4.69, 9.17) is 0 Å². The molecule has 1 unspecified atom stereocenters. The van der Waals surface area contributed by atoms with Crippen molar-refractivity contribution in [3.63, 3.8) is 0 Å². The van der Waals surface area contributed by atoms with Crippen LogP contribution in [-0.4, -0.2) is 36.2 Å². The summed E-state index contributed by atoms with van der Waals surface area (Å²) in [6.07, 6.45) is 3.98. The summed E-state index contributed by atoms with van der Waals surface area (Å²) in [6.45, 7) is 3.28.